The fraction of sp³-hybridized carbons (Fsp3) is 0.429. The maximum absolute atomic E-state index is 10.9. The predicted octanol–water partition coefficient (Wildman–Crippen LogP) is 0.0778. The van der Waals surface area contributed by atoms with Crippen molar-refractivity contribution in [3.05, 3.63) is 12.7 Å². The van der Waals surface area contributed by atoms with Crippen molar-refractivity contribution in [2.24, 2.45) is 0 Å². The molecular weight excluding hydrogens is 162 g/mol. The highest BCUT2D eigenvalue weighted by Gasteiger charge is 2.45. The van der Waals surface area contributed by atoms with Gasteiger partial charge in [-0.25, -0.2) is 9.59 Å². The van der Waals surface area contributed by atoms with Gasteiger partial charge in [-0.15, -0.1) is 0 Å². The Kier molecular flexibility index (Phi) is 2.32. The van der Waals surface area contributed by atoms with Gasteiger partial charge in [-0.05, 0) is 0 Å². The molecule has 0 spiro atoms. The molecule has 1 heterocycles. The van der Waals surface area contributed by atoms with Crippen LogP contribution in [0.5, 0.6) is 0 Å². The second-order valence-electron chi connectivity index (χ2n) is 2.37. The van der Waals surface area contributed by atoms with Crippen LogP contribution >= 0.6 is 0 Å². The first-order valence-electron chi connectivity index (χ1n) is 3.44. The van der Waals surface area contributed by atoms with Crippen LogP contribution in [0.2, 0.25) is 0 Å². The Hall–Kier alpha value is -1.52. The fourth-order valence-electron chi connectivity index (χ4n) is 0.765. The number of carbonyl (C=O) groups is 2. The van der Waals surface area contributed by atoms with E-state index in [9.17, 15) is 9.59 Å². The maximum atomic E-state index is 10.9. The molecule has 12 heavy (non-hydrogen) atoms. The minimum Gasteiger partial charge on any atom is -0.480 e. The van der Waals surface area contributed by atoms with Gasteiger partial charge < -0.3 is 9.84 Å². The molecule has 1 unspecified atom stereocenters. The Bertz CT molecular complexity index is 225. The minimum absolute atomic E-state index is 0.113. The van der Waals surface area contributed by atoms with E-state index in [0.717, 1.165) is 4.90 Å². The molecule has 0 aromatic carbocycles. The lowest BCUT2D eigenvalue weighted by Crippen LogP contribution is -2.19. The number of carboxylic acid groups (broad SMARTS) is 1. The molecule has 1 aliphatic heterocycles. The van der Waals surface area contributed by atoms with Crippen LogP contribution in [0.25, 0.3) is 0 Å². The van der Waals surface area contributed by atoms with Crippen molar-refractivity contribution >= 4 is 12.1 Å². The van der Waals surface area contributed by atoms with Gasteiger partial charge in [-0.1, -0.05) is 12.7 Å². The number of amides is 1. The van der Waals surface area contributed by atoms with Crippen molar-refractivity contribution in [2.75, 3.05) is 13.2 Å². The molecule has 0 saturated carbocycles. The second-order valence-corrected chi connectivity index (χ2v) is 2.37. The monoisotopic (exact) mass is 171 g/mol. The topological polar surface area (TPSA) is 66.6 Å². The zero-order valence-corrected chi connectivity index (χ0v) is 6.40. The third kappa shape index (κ3) is 1.75. The lowest BCUT2D eigenvalue weighted by molar-refractivity contribution is -0.137. The van der Waals surface area contributed by atoms with E-state index in [-0.39, 0.29) is 13.2 Å². The van der Waals surface area contributed by atoms with Crippen LogP contribution in [0.3, 0.4) is 0 Å². The van der Waals surface area contributed by atoms with Crippen LogP contribution in [-0.4, -0.2) is 41.3 Å². The van der Waals surface area contributed by atoms with Crippen molar-refractivity contribution in [1.82, 2.24) is 4.90 Å². The summed E-state index contributed by atoms with van der Waals surface area (Å²) in [5.41, 5.74) is 0. The summed E-state index contributed by atoms with van der Waals surface area (Å²) in [5.74, 6) is -0.995. The molecule has 5 nitrogen and oxygen atoms in total. The standard InChI is InChI=1S/C7H9NO4/c1-2-3-12-7(11)8-4-5(8)6(9)10/h2,5H,1,3-4H2,(H,9,10). The number of hydrogen-bond acceptors (Lipinski definition) is 3. The Morgan fingerprint density at radius 2 is 2.42 bits per heavy atom. The molecule has 1 amide bonds. The molecule has 1 fully saturated rings. The van der Waals surface area contributed by atoms with E-state index in [0.29, 0.717) is 0 Å². The zero-order valence-electron chi connectivity index (χ0n) is 6.40. The van der Waals surface area contributed by atoms with E-state index < -0.39 is 18.1 Å². The predicted molar refractivity (Wildman–Crippen MR) is 39.7 cm³/mol. The van der Waals surface area contributed by atoms with E-state index in [1.165, 1.54) is 6.08 Å². The van der Waals surface area contributed by atoms with Crippen molar-refractivity contribution in [3.63, 3.8) is 0 Å². The summed E-state index contributed by atoms with van der Waals surface area (Å²) in [6, 6.07) is -0.692. The molecule has 0 radical (unpaired) electrons. The number of carbonyl (C=O) groups excluding carboxylic acids is 1. The third-order valence-corrected chi connectivity index (χ3v) is 1.46. The highest BCUT2D eigenvalue weighted by Crippen LogP contribution is 2.18. The van der Waals surface area contributed by atoms with Gasteiger partial charge in [0, 0.05) is 0 Å². The smallest absolute Gasteiger partial charge is 0.410 e. The van der Waals surface area contributed by atoms with Gasteiger partial charge in [0.25, 0.3) is 0 Å². The summed E-state index contributed by atoms with van der Waals surface area (Å²) >= 11 is 0. The maximum Gasteiger partial charge on any atom is 0.410 e. The van der Waals surface area contributed by atoms with Crippen LogP contribution in [-0.2, 0) is 9.53 Å². The van der Waals surface area contributed by atoms with Crippen LogP contribution < -0.4 is 0 Å². The van der Waals surface area contributed by atoms with E-state index in [1.807, 2.05) is 0 Å². The zero-order chi connectivity index (χ0) is 9.14. The first-order valence-corrected chi connectivity index (χ1v) is 3.44. The van der Waals surface area contributed by atoms with Crippen LogP contribution in [0.4, 0.5) is 4.79 Å². The van der Waals surface area contributed by atoms with Crippen molar-refractivity contribution < 1.29 is 19.4 Å². The van der Waals surface area contributed by atoms with E-state index in [1.54, 1.807) is 0 Å². The molecular formula is C7H9NO4. The third-order valence-electron chi connectivity index (χ3n) is 1.46. The average molecular weight is 171 g/mol. The largest absolute Gasteiger partial charge is 0.480 e. The molecule has 66 valence electrons. The highest BCUT2D eigenvalue weighted by atomic mass is 16.6. The molecule has 0 aromatic heterocycles. The molecule has 1 rings (SSSR count). The number of carboxylic acids is 1. The first kappa shape index (κ1) is 8.58. The SMILES string of the molecule is C=CCOC(=O)N1CC1C(=O)O. The normalized spacial score (nSPS) is 20.0. The summed E-state index contributed by atoms with van der Waals surface area (Å²) in [6.45, 7) is 3.71. The number of hydrogen-bond donors (Lipinski definition) is 1. The van der Waals surface area contributed by atoms with Crippen molar-refractivity contribution in [2.45, 2.75) is 6.04 Å². The fourth-order valence-corrected chi connectivity index (χ4v) is 0.765. The van der Waals surface area contributed by atoms with Gasteiger partial charge in [0.15, 0.2) is 6.04 Å². The van der Waals surface area contributed by atoms with E-state index >= 15 is 0 Å². The highest BCUT2D eigenvalue weighted by molar-refractivity contribution is 5.85. The summed E-state index contributed by atoms with van der Waals surface area (Å²) in [4.78, 5) is 22.3. The molecule has 1 saturated heterocycles. The van der Waals surface area contributed by atoms with E-state index in [2.05, 4.69) is 11.3 Å². The molecule has 0 aliphatic carbocycles. The van der Waals surface area contributed by atoms with E-state index in [4.69, 9.17) is 5.11 Å². The summed E-state index contributed by atoms with van der Waals surface area (Å²) in [7, 11) is 0. The molecule has 0 aromatic rings. The van der Waals surface area contributed by atoms with Crippen molar-refractivity contribution in [1.29, 1.82) is 0 Å². The first-order chi connectivity index (χ1) is 5.66. The number of aliphatic carboxylic acids is 1. The Labute approximate surface area is 69.2 Å². The Balaban J connectivity index is 2.28. The summed E-state index contributed by atoms with van der Waals surface area (Å²) in [6.07, 6.45) is 0.833. The summed E-state index contributed by atoms with van der Waals surface area (Å²) in [5, 5.41) is 8.43. The van der Waals surface area contributed by atoms with Gasteiger partial charge in [0.2, 0.25) is 0 Å². The molecule has 5 heteroatoms. The summed E-state index contributed by atoms with van der Waals surface area (Å²) < 4.78 is 4.60. The Morgan fingerprint density at radius 3 is 2.83 bits per heavy atom. The van der Waals surface area contributed by atoms with Crippen molar-refractivity contribution in [3.8, 4) is 0 Å². The lowest BCUT2D eigenvalue weighted by atomic mass is 10.5. The van der Waals surface area contributed by atoms with Gasteiger partial charge in [-0.2, -0.15) is 0 Å². The minimum atomic E-state index is -0.995. The quantitative estimate of drug-likeness (QED) is 0.482. The number of rotatable bonds is 3. The van der Waals surface area contributed by atoms with Gasteiger partial charge in [0.1, 0.15) is 6.61 Å². The molecule has 1 atom stereocenters. The second kappa shape index (κ2) is 3.25. The molecule has 1 aliphatic rings. The molecule has 0 bridgehead atoms. The van der Waals surface area contributed by atoms with Gasteiger partial charge >= 0.3 is 12.1 Å². The average Bonchev–Trinajstić information content (AvgIpc) is 2.78. The van der Waals surface area contributed by atoms with Gasteiger partial charge in [0.05, 0.1) is 6.54 Å². The number of ether oxygens (including phenoxy) is 1. The number of nitrogens with zero attached hydrogens (tertiary/aromatic N) is 1. The Morgan fingerprint density at radius 1 is 1.75 bits per heavy atom. The van der Waals surface area contributed by atoms with Crippen LogP contribution in [0.1, 0.15) is 0 Å². The molecule has 1 N–H and O–H groups in total. The van der Waals surface area contributed by atoms with Gasteiger partial charge in [-0.3, -0.25) is 4.90 Å². The lowest BCUT2D eigenvalue weighted by Gasteiger charge is -2.01. The van der Waals surface area contributed by atoms with Crippen LogP contribution in [0, 0.1) is 0 Å². The van der Waals surface area contributed by atoms with Crippen LogP contribution in [0.15, 0.2) is 12.7 Å².